The maximum atomic E-state index is 12.7. The minimum atomic E-state index is -0.990. The van der Waals surface area contributed by atoms with Crippen molar-refractivity contribution in [2.45, 2.75) is 45.6 Å². The van der Waals surface area contributed by atoms with Gasteiger partial charge in [0, 0.05) is 12.7 Å². The summed E-state index contributed by atoms with van der Waals surface area (Å²) in [7, 11) is 0. The monoisotopic (exact) mass is 293 g/mol. The van der Waals surface area contributed by atoms with Gasteiger partial charge >= 0.3 is 5.97 Å². The van der Waals surface area contributed by atoms with Crippen LogP contribution in [0.3, 0.4) is 0 Å². The van der Waals surface area contributed by atoms with Crippen molar-refractivity contribution in [1.29, 1.82) is 0 Å². The molecule has 21 heavy (non-hydrogen) atoms. The van der Waals surface area contributed by atoms with E-state index >= 15 is 0 Å². The first-order valence-corrected chi connectivity index (χ1v) is 7.53. The lowest BCUT2D eigenvalue weighted by Crippen LogP contribution is -2.39. The predicted molar refractivity (Wildman–Crippen MR) is 78.1 cm³/mol. The van der Waals surface area contributed by atoms with Gasteiger partial charge in [0.25, 0.3) is 5.91 Å². The summed E-state index contributed by atoms with van der Waals surface area (Å²) >= 11 is 0. The van der Waals surface area contributed by atoms with Crippen LogP contribution in [0.2, 0.25) is 0 Å². The van der Waals surface area contributed by atoms with E-state index in [4.69, 9.17) is 5.11 Å². The van der Waals surface area contributed by atoms with Gasteiger partial charge < -0.3 is 10.0 Å². The van der Waals surface area contributed by atoms with Crippen LogP contribution in [0.1, 0.15) is 56.1 Å². The Bertz CT molecular complexity index is 504. The smallest absolute Gasteiger partial charge is 0.323 e. The zero-order valence-corrected chi connectivity index (χ0v) is 12.7. The first-order valence-electron chi connectivity index (χ1n) is 7.53. The first-order chi connectivity index (χ1) is 9.99. The van der Waals surface area contributed by atoms with Crippen molar-refractivity contribution in [3.05, 3.63) is 18.0 Å². The Morgan fingerprint density at radius 3 is 2.67 bits per heavy atom. The molecule has 2 rings (SSSR count). The maximum absolute atomic E-state index is 12.7. The third-order valence-corrected chi connectivity index (χ3v) is 3.76. The lowest BCUT2D eigenvalue weighted by atomic mass is 10.2. The molecule has 0 spiro atoms. The largest absolute Gasteiger partial charge is 0.480 e. The minimum absolute atomic E-state index is 0.219. The molecule has 1 aliphatic rings. The second-order valence-electron chi connectivity index (χ2n) is 6.07. The highest BCUT2D eigenvalue weighted by molar-refractivity contribution is 5.94. The van der Waals surface area contributed by atoms with Gasteiger partial charge in [-0.25, -0.2) is 0 Å². The second kappa shape index (κ2) is 6.74. The van der Waals surface area contributed by atoms with E-state index in [9.17, 15) is 9.59 Å². The molecule has 1 heterocycles. The average molecular weight is 293 g/mol. The molecular formula is C15H23N3O3. The number of carboxylic acids is 1. The van der Waals surface area contributed by atoms with Crippen LogP contribution in [0, 0.1) is 5.92 Å². The molecule has 6 nitrogen and oxygen atoms in total. The molecule has 0 saturated heterocycles. The van der Waals surface area contributed by atoms with Gasteiger partial charge in [-0.3, -0.25) is 14.3 Å². The summed E-state index contributed by atoms with van der Waals surface area (Å²) in [6, 6.07) is 1.96. The van der Waals surface area contributed by atoms with E-state index in [1.165, 1.54) is 4.90 Å². The molecule has 0 aliphatic heterocycles. The van der Waals surface area contributed by atoms with Gasteiger partial charge in [0.15, 0.2) is 0 Å². The number of hydrogen-bond acceptors (Lipinski definition) is 3. The van der Waals surface area contributed by atoms with Gasteiger partial charge in [-0.05, 0) is 24.8 Å². The number of amides is 1. The fraction of sp³-hybridized carbons (Fsp3) is 0.667. The number of hydrogen-bond donors (Lipinski definition) is 1. The van der Waals surface area contributed by atoms with Gasteiger partial charge in [0.2, 0.25) is 0 Å². The predicted octanol–water partition coefficient (Wildman–Crippen LogP) is 2.18. The number of aromatic nitrogens is 2. The van der Waals surface area contributed by atoms with Crippen LogP contribution >= 0.6 is 0 Å². The molecular weight excluding hydrogens is 270 g/mol. The van der Waals surface area contributed by atoms with Gasteiger partial charge in [-0.15, -0.1) is 0 Å². The number of aliphatic carboxylic acids is 1. The fourth-order valence-corrected chi connectivity index (χ4v) is 2.91. The molecule has 0 atom stereocenters. The summed E-state index contributed by atoms with van der Waals surface area (Å²) in [6.45, 7) is 4.10. The number of carbonyl (C=O) groups is 2. The van der Waals surface area contributed by atoms with Gasteiger partial charge in [0.1, 0.15) is 12.2 Å². The summed E-state index contributed by atoms with van der Waals surface area (Å²) < 4.78 is 1.78. The molecule has 1 fully saturated rings. The Balaban J connectivity index is 2.19. The quantitative estimate of drug-likeness (QED) is 0.872. The van der Waals surface area contributed by atoms with E-state index in [1.54, 1.807) is 16.9 Å². The normalized spacial score (nSPS) is 15.6. The van der Waals surface area contributed by atoms with Crippen LogP contribution in [0.5, 0.6) is 0 Å². The highest BCUT2D eigenvalue weighted by atomic mass is 16.4. The van der Waals surface area contributed by atoms with E-state index in [0.717, 1.165) is 25.7 Å². The van der Waals surface area contributed by atoms with Crippen molar-refractivity contribution in [3.63, 3.8) is 0 Å². The standard InChI is InChI=1S/C15H23N3O3/c1-11(2)9-17(10-14(19)20)15(21)13-7-8-16-18(13)12-5-3-4-6-12/h7-8,11-12H,3-6,9-10H2,1-2H3,(H,19,20). The molecule has 0 bridgehead atoms. The first kappa shape index (κ1) is 15.5. The number of carboxylic acid groups (broad SMARTS) is 1. The molecule has 6 heteroatoms. The maximum Gasteiger partial charge on any atom is 0.323 e. The van der Waals surface area contributed by atoms with Crippen LogP contribution in [-0.4, -0.2) is 44.8 Å². The molecule has 1 amide bonds. The van der Waals surface area contributed by atoms with Gasteiger partial charge in [0.05, 0.1) is 6.04 Å². The molecule has 116 valence electrons. The van der Waals surface area contributed by atoms with Crippen molar-refractivity contribution in [1.82, 2.24) is 14.7 Å². The average Bonchev–Trinajstić information content (AvgIpc) is 3.06. The Morgan fingerprint density at radius 2 is 2.10 bits per heavy atom. The molecule has 0 unspecified atom stereocenters. The summed E-state index contributed by atoms with van der Waals surface area (Å²) in [4.78, 5) is 25.0. The van der Waals surface area contributed by atoms with Crippen molar-refractivity contribution >= 4 is 11.9 Å². The highest BCUT2D eigenvalue weighted by Crippen LogP contribution is 2.30. The van der Waals surface area contributed by atoms with Crippen LogP contribution in [-0.2, 0) is 4.79 Å². The Hall–Kier alpha value is -1.85. The summed E-state index contributed by atoms with van der Waals surface area (Å²) in [5.41, 5.74) is 0.504. The molecule has 1 aromatic rings. The zero-order valence-electron chi connectivity index (χ0n) is 12.7. The Kier molecular flexibility index (Phi) is 4.98. The summed E-state index contributed by atoms with van der Waals surface area (Å²) in [5, 5.41) is 13.3. The van der Waals surface area contributed by atoms with Crippen LogP contribution in [0.4, 0.5) is 0 Å². The summed E-state index contributed by atoms with van der Waals surface area (Å²) in [5.74, 6) is -1.01. The van der Waals surface area contributed by atoms with Gasteiger partial charge in [-0.2, -0.15) is 5.10 Å². The molecule has 1 aromatic heterocycles. The molecule has 0 radical (unpaired) electrons. The van der Waals surface area contributed by atoms with E-state index in [2.05, 4.69) is 5.10 Å². The number of nitrogens with zero attached hydrogens (tertiary/aromatic N) is 3. The molecule has 1 aliphatic carbocycles. The van der Waals surface area contributed by atoms with E-state index in [0.29, 0.717) is 12.2 Å². The van der Waals surface area contributed by atoms with E-state index in [1.807, 2.05) is 13.8 Å². The topological polar surface area (TPSA) is 75.4 Å². The Labute approximate surface area is 124 Å². The third-order valence-electron chi connectivity index (χ3n) is 3.76. The number of rotatable bonds is 6. The van der Waals surface area contributed by atoms with Crippen molar-refractivity contribution in [2.24, 2.45) is 5.92 Å². The molecule has 0 aromatic carbocycles. The van der Waals surface area contributed by atoms with Crippen LogP contribution in [0.25, 0.3) is 0 Å². The van der Waals surface area contributed by atoms with Crippen LogP contribution < -0.4 is 0 Å². The van der Waals surface area contributed by atoms with Gasteiger partial charge in [-0.1, -0.05) is 26.7 Å². The van der Waals surface area contributed by atoms with Crippen molar-refractivity contribution < 1.29 is 14.7 Å². The van der Waals surface area contributed by atoms with Crippen LogP contribution in [0.15, 0.2) is 12.3 Å². The minimum Gasteiger partial charge on any atom is -0.480 e. The molecule has 1 saturated carbocycles. The SMILES string of the molecule is CC(C)CN(CC(=O)O)C(=O)c1ccnn1C1CCCC1. The highest BCUT2D eigenvalue weighted by Gasteiger charge is 2.26. The lowest BCUT2D eigenvalue weighted by molar-refractivity contribution is -0.137. The van der Waals surface area contributed by atoms with Crippen molar-refractivity contribution in [2.75, 3.05) is 13.1 Å². The zero-order chi connectivity index (χ0) is 15.4. The third kappa shape index (κ3) is 3.83. The lowest BCUT2D eigenvalue weighted by Gasteiger charge is -2.24. The number of carbonyl (C=O) groups excluding carboxylic acids is 1. The van der Waals surface area contributed by atoms with E-state index in [-0.39, 0.29) is 24.4 Å². The van der Waals surface area contributed by atoms with E-state index < -0.39 is 5.97 Å². The Morgan fingerprint density at radius 1 is 1.43 bits per heavy atom. The van der Waals surface area contributed by atoms with Crippen molar-refractivity contribution in [3.8, 4) is 0 Å². The molecule has 1 N–H and O–H groups in total. The second-order valence-corrected chi connectivity index (χ2v) is 6.07. The summed E-state index contributed by atoms with van der Waals surface area (Å²) in [6.07, 6.45) is 6.00. The fourth-order valence-electron chi connectivity index (χ4n) is 2.91.